The number of pyridine rings is 1. The van der Waals surface area contributed by atoms with Gasteiger partial charge in [0.05, 0.1) is 17.8 Å². The molecule has 0 atom stereocenters. The highest BCUT2D eigenvalue weighted by molar-refractivity contribution is 7.10. The third kappa shape index (κ3) is 4.32. The Balaban J connectivity index is 1.83. The average molecular weight is 387 g/mol. The van der Waals surface area contributed by atoms with E-state index in [0.717, 1.165) is 29.2 Å². The maximum Gasteiger partial charge on any atom is 0.260 e. The molecule has 0 aliphatic carbocycles. The zero-order valence-electron chi connectivity index (χ0n) is 14.3. The van der Waals surface area contributed by atoms with Gasteiger partial charge in [-0.25, -0.2) is 13.8 Å². The summed E-state index contributed by atoms with van der Waals surface area (Å²) in [4.78, 5) is 20.7. The topological polar surface area (TPSA) is 79.3 Å². The van der Waals surface area contributed by atoms with Crippen molar-refractivity contribution in [3.63, 3.8) is 0 Å². The summed E-state index contributed by atoms with van der Waals surface area (Å²) in [5.41, 5.74) is 1.87. The monoisotopic (exact) mass is 387 g/mol. The second-order valence-electron chi connectivity index (χ2n) is 5.61. The SMILES string of the molecule is C=NCc1ccnc(Nc2snc(C)c2C(=O)Nc2ccc(F)c(F)c2)c1. The molecule has 6 nitrogen and oxygen atoms in total. The lowest BCUT2D eigenvalue weighted by Crippen LogP contribution is -2.14. The predicted octanol–water partition coefficient (Wildman–Crippen LogP) is 4.32. The molecule has 0 aliphatic heterocycles. The van der Waals surface area contributed by atoms with Crippen LogP contribution in [-0.4, -0.2) is 22.0 Å². The number of aromatic nitrogens is 2. The molecule has 3 rings (SSSR count). The van der Waals surface area contributed by atoms with Gasteiger partial charge in [0, 0.05) is 18.0 Å². The molecule has 0 fully saturated rings. The van der Waals surface area contributed by atoms with Crippen LogP contribution >= 0.6 is 11.5 Å². The zero-order valence-corrected chi connectivity index (χ0v) is 15.1. The Morgan fingerprint density at radius 2 is 2.07 bits per heavy atom. The first-order chi connectivity index (χ1) is 13.0. The molecule has 0 bridgehead atoms. The van der Waals surface area contributed by atoms with Crippen LogP contribution in [0.1, 0.15) is 21.6 Å². The summed E-state index contributed by atoms with van der Waals surface area (Å²) < 4.78 is 30.6. The van der Waals surface area contributed by atoms with Crippen molar-refractivity contribution in [2.75, 3.05) is 10.6 Å². The Kier molecular flexibility index (Phi) is 5.51. The molecular weight excluding hydrogens is 372 g/mol. The summed E-state index contributed by atoms with van der Waals surface area (Å²) in [6.07, 6.45) is 1.62. The van der Waals surface area contributed by atoms with E-state index in [9.17, 15) is 13.6 Å². The molecule has 3 aromatic rings. The molecule has 0 spiro atoms. The van der Waals surface area contributed by atoms with E-state index in [1.54, 1.807) is 19.2 Å². The molecule has 0 saturated heterocycles. The summed E-state index contributed by atoms with van der Waals surface area (Å²) in [5.74, 6) is -1.98. The summed E-state index contributed by atoms with van der Waals surface area (Å²) >= 11 is 1.10. The number of carbonyl (C=O) groups is 1. The molecule has 0 unspecified atom stereocenters. The van der Waals surface area contributed by atoms with E-state index < -0.39 is 17.5 Å². The van der Waals surface area contributed by atoms with E-state index in [-0.39, 0.29) is 5.69 Å². The van der Waals surface area contributed by atoms with E-state index in [1.807, 2.05) is 6.07 Å². The molecule has 0 radical (unpaired) electrons. The first-order valence-electron chi connectivity index (χ1n) is 7.85. The lowest BCUT2D eigenvalue weighted by molar-refractivity contribution is 0.102. The van der Waals surface area contributed by atoms with Gasteiger partial charge in [-0.3, -0.25) is 9.79 Å². The minimum Gasteiger partial charge on any atom is -0.330 e. The van der Waals surface area contributed by atoms with Crippen molar-refractivity contribution >= 4 is 40.7 Å². The molecule has 0 aliphatic rings. The number of halogens is 2. The van der Waals surface area contributed by atoms with E-state index in [0.29, 0.717) is 28.6 Å². The van der Waals surface area contributed by atoms with Crippen LogP contribution in [0.4, 0.5) is 25.3 Å². The first-order valence-corrected chi connectivity index (χ1v) is 8.62. The van der Waals surface area contributed by atoms with Gasteiger partial charge >= 0.3 is 0 Å². The predicted molar refractivity (Wildman–Crippen MR) is 102 cm³/mol. The Morgan fingerprint density at radius 1 is 1.26 bits per heavy atom. The van der Waals surface area contributed by atoms with Crippen LogP contribution in [0.3, 0.4) is 0 Å². The van der Waals surface area contributed by atoms with Gasteiger partial charge in [0.1, 0.15) is 10.8 Å². The van der Waals surface area contributed by atoms with Crippen molar-refractivity contribution < 1.29 is 13.6 Å². The van der Waals surface area contributed by atoms with Gasteiger partial charge in [0.25, 0.3) is 5.91 Å². The van der Waals surface area contributed by atoms with Gasteiger partial charge in [-0.05, 0) is 55.0 Å². The summed E-state index contributed by atoms with van der Waals surface area (Å²) in [7, 11) is 0. The third-order valence-electron chi connectivity index (χ3n) is 3.63. The fourth-order valence-electron chi connectivity index (χ4n) is 2.38. The van der Waals surface area contributed by atoms with Crippen LogP contribution in [0.2, 0.25) is 0 Å². The number of aryl methyl sites for hydroxylation is 1. The number of amides is 1. The Morgan fingerprint density at radius 3 is 2.81 bits per heavy atom. The van der Waals surface area contributed by atoms with Crippen LogP contribution in [0, 0.1) is 18.6 Å². The molecule has 0 saturated carbocycles. The summed E-state index contributed by atoms with van der Waals surface area (Å²) in [6, 6.07) is 6.76. The number of aliphatic imine (C=N–C) groups is 1. The van der Waals surface area contributed by atoms with Crippen LogP contribution < -0.4 is 10.6 Å². The van der Waals surface area contributed by atoms with E-state index in [1.165, 1.54) is 6.07 Å². The molecule has 1 amide bonds. The smallest absolute Gasteiger partial charge is 0.260 e. The van der Waals surface area contributed by atoms with Gasteiger partial charge < -0.3 is 10.6 Å². The van der Waals surface area contributed by atoms with E-state index >= 15 is 0 Å². The van der Waals surface area contributed by atoms with Gasteiger partial charge in [-0.15, -0.1) is 0 Å². The van der Waals surface area contributed by atoms with E-state index in [4.69, 9.17) is 0 Å². The normalized spacial score (nSPS) is 10.5. The van der Waals surface area contributed by atoms with Crippen molar-refractivity contribution in [2.24, 2.45) is 4.99 Å². The molecule has 2 aromatic heterocycles. The molecule has 138 valence electrons. The van der Waals surface area contributed by atoms with Crippen molar-refractivity contribution in [3.8, 4) is 0 Å². The zero-order chi connectivity index (χ0) is 19.4. The summed E-state index contributed by atoms with van der Waals surface area (Å²) in [5, 5.41) is 6.11. The fraction of sp³-hybridized carbons (Fsp3) is 0.111. The molecule has 2 heterocycles. The Labute approximate surface area is 158 Å². The standard InChI is InChI=1S/C18H15F2N5OS/c1-10-16(17(26)23-12-3-4-13(19)14(20)8-12)18(27-25-10)24-15-7-11(9-21-2)5-6-22-15/h3-8H,2,9H2,1H3,(H,22,24)(H,23,26). The number of rotatable bonds is 6. The Bertz CT molecular complexity index is 1010. The molecule has 9 heteroatoms. The van der Waals surface area contributed by atoms with Crippen molar-refractivity contribution in [1.29, 1.82) is 0 Å². The largest absolute Gasteiger partial charge is 0.330 e. The van der Waals surface area contributed by atoms with Crippen LogP contribution in [0.15, 0.2) is 41.5 Å². The van der Waals surface area contributed by atoms with Gasteiger partial charge in [-0.1, -0.05) is 0 Å². The molecule has 27 heavy (non-hydrogen) atoms. The number of anilines is 3. The number of benzene rings is 1. The number of hydrogen-bond acceptors (Lipinski definition) is 6. The number of hydrogen-bond donors (Lipinski definition) is 2. The average Bonchev–Trinajstić information content (AvgIpc) is 2.99. The van der Waals surface area contributed by atoms with Gasteiger partial charge in [-0.2, -0.15) is 4.37 Å². The summed E-state index contributed by atoms with van der Waals surface area (Å²) in [6.45, 7) is 5.59. The van der Waals surface area contributed by atoms with Crippen LogP contribution in [0.25, 0.3) is 0 Å². The number of nitrogens with one attached hydrogen (secondary N) is 2. The minimum absolute atomic E-state index is 0.146. The lowest BCUT2D eigenvalue weighted by Gasteiger charge is -2.09. The highest BCUT2D eigenvalue weighted by Gasteiger charge is 2.19. The highest BCUT2D eigenvalue weighted by Crippen LogP contribution is 2.28. The third-order valence-corrected chi connectivity index (χ3v) is 4.48. The maximum absolute atomic E-state index is 13.3. The minimum atomic E-state index is -1.04. The fourth-order valence-corrected chi connectivity index (χ4v) is 3.18. The number of carbonyl (C=O) groups excluding carboxylic acids is 1. The number of nitrogens with zero attached hydrogens (tertiary/aromatic N) is 3. The van der Waals surface area contributed by atoms with Gasteiger partial charge in [0.2, 0.25) is 0 Å². The second-order valence-corrected chi connectivity index (χ2v) is 6.38. The van der Waals surface area contributed by atoms with E-state index in [2.05, 4.69) is 31.7 Å². The Hall–Kier alpha value is -3.20. The van der Waals surface area contributed by atoms with Crippen molar-refractivity contribution in [3.05, 3.63) is 65.0 Å². The second kappa shape index (κ2) is 8.00. The quantitative estimate of drug-likeness (QED) is 0.618. The van der Waals surface area contributed by atoms with Crippen LogP contribution in [-0.2, 0) is 6.54 Å². The van der Waals surface area contributed by atoms with Crippen molar-refractivity contribution in [2.45, 2.75) is 13.5 Å². The maximum atomic E-state index is 13.3. The van der Waals surface area contributed by atoms with Crippen molar-refractivity contribution in [1.82, 2.24) is 9.36 Å². The molecule has 2 N–H and O–H groups in total. The molecular formula is C18H15F2N5OS. The van der Waals surface area contributed by atoms with Crippen LogP contribution in [0.5, 0.6) is 0 Å². The highest BCUT2D eigenvalue weighted by atomic mass is 32.1. The lowest BCUT2D eigenvalue weighted by atomic mass is 10.2. The molecule has 1 aromatic carbocycles. The first kappa shape index (κ1) is 18.6. The van der Waals surface area contributed by atoms with Gasteiger partial charge in [0.15, 0.2) is 11.6 Å².